The Hall–Kier alpha value is -0.570. The molecule has 1 heterocycles. The molecule has 1 aromatic rings. The molecule has 0 aliphatic carbocycles. The highest BCUT2D eigenvalue weighted by Crippen LogP contribution is 2.23. The van der Waals surface area contributed by atoms with E-state index >= 15 is 0 Å². The number of rotatable bonds is 3. The van der Waals surface area contributed by atoms with E-state index in [2.05, 4.69) is 42.4 Å². The summed E-state index contributed by atoms with van der Waals surface area (Å²) in [5.74, 6) is 0. The Labute approximate surface area is 115 Å². The van der Waals surface area contributed by atoms with Crippen molar-refractivity contribution in [3.8, 4) is 0 Å². The van der Waals surface area contributed by atoms with Gasteiger partial charge in [0.05, 0.1) is 0 Å². The van der Waals surface area contributed by atoms with Crippen LogP contribution in [0.5, 0.6) is 0 Å². The first-order valence-corrected chi connectivity index (χ1v) is 7.06. The highest BCUT2D eigenvalue weighted by Gasteiger charge is 2.27. The molecule has 1 aliphatic heterocycles. The molecule has 18 heavy (non-hydrogen) atoms. The summed E-state index contributed by atoms with van der Waals surface area (Å²) >= 11 is 6.17. The number of piperidine rings is 1. The van der Waals surface area contributed by atoms with Gasteiger partial charge in [-0.05, 0) is 50.9 Å². The lowest BCUT2D eigenvalue weighted by Crippen LogP contribution is -2.49. The molecule has 1 aliphatic rings. The summed E-state index contributed by atoms with van der Waals surface area (Å²) in [6, 6.07) is 6.40. The van der Waals surface area contributed by atoms with Gasteiger partial charge in [-0.3, -0.25) is 4.90 Å². The van der Waals surface area contributed by atoms with Gasteiger partial charge in [0.2, 0.25) is 0 Å². The third kappa shape index (κ3) is 3.25. The second kappa shape index (κ2) is 5.60. The maximum absolute atomic E-state index is 6.17. The summed E-state index contributed by atoms with van der Waals surface area (Å²) in [4.78, 5) is 2.51. The van der Waals surface area contributed by atoms with Gasteiger partial charge in [0.15, 0.2) is 0 Å². The fourth-order valence-corrected chi connectivity index (χ4v) is 2.65. The van der Waals surface area contributed by atoms with Gasteiger partial charge in [-0.15, -0.1) is 0 Å². The van der Waals surface area contributed by atoms with Crippen LogP contribution in [0.4, 0.5) is 0 Å². The minimum absolute atomic E-state index is 0.321. The first-order chi connectivity index (χ1) is 8.52. The molecule has 2 nitrogen and oxygen atoms in total. The average Bonchev–Trinajstić information content (AvgIpc) is 2.37. The highest BCUT2D eigenvalue weighted by molar-refractivity contribution is 6.31. The summed E-state index contributed by atoms with van der Waals surface area (Å²) < 4.78 is 0. The van der Waals surface area contributed by atoms with Gasteiger partial charge in [0.1, 0.15) is 0 Å². The molecular formula is C15H23ClN2. The predicted molar refractivity (Wildman–Crippen MR) is 78.2 cm³/mol. The van der Waals surface area contributed by atoms with Crippen LogP contribution in [-0.2, 0) is 6.54 Å². The van der Waals surface area contributed by atoms with Crippen molar-refractivity contribution >= 4 is 11.6 Å². The van der Waals surface area contributed by atoms with Crippen molar-refractivity contribution in [2.75, 3.05) is 20.1 Å². The second-order valence-electron chi connectivity index (χ2n) is 5.67. The van der Waals surface area contributed by atoms with E-state index in [-0.39, 0.29) is 0 Å². The van der Waals surface area contributed by atoms with E-state index in [1.165, 1.54) is 18.4 Å². The number of benzene rings is 1. The summed E-state index contributed by atoms with van der Waals surface area (Å²) in [5.41, 5.74) is 2.79. The molecule has 1 saturated heterocycles. The monoisotopic (exact) mass is 266 g/mol. The Kier molecular flexibility index (Phi) is 4.31. The van der Waals surface area contributed by atoms with E-state index in [4.69, 9.17) is 11.6 Å². The van der Waals surface area contributed by atoms with Crippen LogP contribution in [0.1, 0.15) is 30.9 Å². The van der Waals surface area contributed by atoms with Crippen LogP contribution >= 0.6 is 11.6 Å². The zero-order valence-corrected chi connectivity index (χ0v) is 12.3. The summed E-state index contributed by atoms with van der Waals surface area (Å²) in [7, 11) is 2.06. The quantitative estimate of drug-likeness (QED) is 0.904. The van der Waals surface area contributed by atoms with E-state index in [0.717, 1.165) is 30.2 Å². The Morgan fingerprint density at radius 2 is 2.00 bits per heavy atom. The summed E-state index contributed by atoms with van der Waals surface area (Å²) in [6.45, 7) is 7.68. The number of likely N-dealkylation sites (tertiary alicyclic amines) is 1. The maximum atomic E-state index is 6.17. The zero-order valence-electron chi connectivity index (χ0n) is 11.6. The van der Waals surface area contributed by atoms with Gasteiger partial charge in [0.25, 0.3) is 0 Å². The van der Waals surface area contributed by atoms with Gasteiger partial charge >= 0.3 is 0 Å². The molecule has 0 aromatic heterocycles. The number of hydrogen-bond acceptors (Lipinski definition) is 2. The number of aryl methyl sites for hydroxylation is 1. The van der Waals surface area contributed by atoms with Crippen LogP contribution in [0.25, 0.3) is 0 Å². The number of halogens is 1. The fourth-order valence-electron chi connectivity index (χ4n) is 2.45. The Morgan fingerprint density at radius 1 is 1.33 bits per heavy atom. The molecule has 2 rings (SSSR count). The van der Waals surface area contributed by atoms with Gasteiger partial charge in [0, 0.05) is 30.2 Å². The van der Waals surface area contributed by atoms with E-state index in [1.807, 2.05) is 6.92 Å². The molecule has 3 heteroatoms. The normalized spacial score (nSPS) is 20.0. The van der Waals surface area contributed by atoms with Crippen LogP contribution < -0.4 is 5.32 Å². The van der Waals surface area contributed by atoms with Gasteiger partial charge in [-0.1, -0.05) is 23.7 Å². The fraction of sp³-hybridized carbons (Fsp3) is 0.600. The van der Waals surface area contributed by atoms with Crippen molar-refractivity contribution < 1.29 is 0 Å². The van der Waals surface area contributed by atoms with Crippen LogP contribution in [0, 0.1) is 6.92 Å². The van der Waals surface area contributed by atoms with Crippen molar-refractivity contribution in [2.45, 2.75) is 38.8 Å². The lowest BCUT2D eigenvalue weighted by molar-refractivity contribution is 0.146. The number of nitrogens with zero attached hydrogens (tertiary/aromatic N) is 1. The van der Waals surface area contributed by atoms with E-state index in [9.17, 15) is 0 Å². The molecule has 0 spiro atoms. The smallest absolute Gasteiger partial charge is 0.0438 e. The van der Waals surface area contributed by atoms with Gasteiger partial charge in [-0.25, -0.2) is 0 Å². The molecule has 0 saturated carbocycles. The molecule has 0 amide bonds. The molecular weight excluding hydrogens is 244 g/mol. The molecule has 0 unspecified atom stereocenters. The Morgan fingerprint density at radius 3 is 2.56 bits per heavy atom. The van der Waals surface area contributed by atoms with E-state index in [1.54, 1.807) is 0 Å². The second-order valence-corrected chi connectivity index (χ2v) is 6.08. The lowest BCUT2D eigenvalue weighted by atomic mass is 9.90. The van der Waals surface area contributed by atoms with E-state index in [0.29, 0.717) is 5.54 Å². The summed E-state index contributed by atoms with van der Waals surface area (Å²) in [5, 5.41) is 4.31. The maximum Gasteiger partial charge on any atom is 0.0438 e. The topological polar surface area (TPSA) is 15.3 Å². The first-order valence-electron chi connectivity index (χ1n) is 6.69. The van der Waals surface area contributed by atoms with Gasteiger partial charge < -0.3 is 5.32 Å². The molecule has 0 bridgehead atoms. The number of nitrogens with one attached hydrogen (secondary N) is 1. The van der Waals surface area contributed by atoms with Crippen LogP contribution in [0.15, 0.2) is 18.2 Å². The lowest BCUT2D eigenvalue weighted by Gasteiger charge is -2.39. The van der Waals surface area contributed by atoms with Crippen molar-refractivity contribution in [3.63, 3.8) is 0 Å². The molecule has 1 aromatic carbocycles. The first kappa shape index (κ1) is 13.9. The predicted octanol–water partition coefficient (Wildman–Crippen LogP) is 3.22. The van der Waals surface area contributed by atoms with Crippen LogP contribution in [-0.4, -0.2) is 30.6 Å². The molecule has 0 radical (unpaired) electrons. The average molecular weight is 267 g/mol. The largest absolute Gasteiger partial charge is 0.314 e. The SMILES string of the molecule is CNC1(C)CCN(Cc2ccc(C)c(Cl)c2)CC1. The van der Waals surface area contributed by atoms with Crippen molar-refractivity contribution in [2.24, 2.45) is 0 Å². The van der Waals surface area contributed by atoms with Crippen LogP contribution in [0.3, 0.4) is 0 Å². The van der Waals surface area contributed by atoms with E-state index < -0.39 is 0 Å². The minimum atomic E-state index is 0.321. The molecule has 100 valence electrons. The third-order valence-electron chi connectivity index (χ3n) is 4.21. The standard InChI is InChI=1S/C15H23ClN2/c1-12-4-5-13(10-14(12)16)11-18-8-6-15(2,17-3)7-9-18/h4-5,10,17H,6-9,11H2,1-3H3. The van der Waals surface area contributed by atoms with Crippen LogP contribution in [0.2, 0.25) is 5.02 Å². The molecule has 0 atom stereocenters. The Balaban J connectivity index is 1.93. The van der Waals surface area contributed by atoms with Crippen molar-refractivity contribution in [1.82, 2.24) is 10.2 Å². The highest BCUT2D eigenvalue weighted by atomic mass is 35.5. The van der Waals surface area contributed by atoms with Crippen molar-refractivity contribution in [3.05, 3.63) is 34.3 Å². The Bertz CT molecular complexity index is 409. The number of hydrogen-bond donors (Lipinski definition) is 1. The van der Waals surface area contributed by atoms with Gasteiger partial charge in [-0.2, -0.15) is 0 Å². The minimum Gasteiger partial charge on any atom is -0.314 e. The molecule has 1 N–H and O–H groups in total. The molecule has 1 fully saturated rings. The summed E-state index contributed by atoms with van der Waals surface area (Å²) in [6.07, 6.45) is 2.42. The third-order valence-corrected chi connectivity index (χ3v) is 4.61. The van der Waals surface area contributed by atoms with Crippen molar-refractivity contribution in [1.29, 1.82) is 0 Å². The zero-order chi connectivity index (χ0) is 13.2.